The molecule has 6 heteroatoms. The Balaban J connectivity index is 1.97. The molecule has 0 unspecified atom stereocenters. The van der Waals surface area contributed by atoms with Gasteiger partial charge in [-0.05, 0) is 26.3 Å². The van der Waals surface area contributed by atoms with E-state index >= 15 is 0 Å². The van der Waals surface area contributed by atoms with Crippen LogP contribution in [0.3, 0.4) is 0 Å². The van der Waals surface area contributed by atoms with Crippen LogP contribution in [-0.4, -0.2) is 36.5 Å². The first-order chi connectivity index (χ1) is 9.80. The van der Waals surface area contributed by atoms with Gasteiger partial charge < -0.3 is 19.7 Å². The number of aromatic nitrogens is 2. The fourth-order valence-electron chi connectivity index (χ4n) is 2.55. The fraction of sp³-hybridized carbons (Fsp3) is 0.857. The minimum Gasteiger partial charge on any atom is -0.381 e. The maximum absolute atomic E-state index is 5.93. The minimum atomic E-state index is -0.425. The first-order valence-corrected chi connectivity index (χ1v) is 7.55. The summed E-state index contributed by atoms with van der Waals surface area (Å²) in [4.78, 5) is 4.53. The Morgan fingerprint density at radius 1 is 1.25 bits per heavy atom. The molecule has 6 nitrogen and oxygen atoms in total. The number of rotatable bonds is 8. The molecule has 2 heterocycles. The van der Waals surface area contributed by atoms with E-state index in [-0.39, 0.29) is 0 Å². The third kappa shape index (κ3) is 3.77. The molecule has 0 spiro atoms. The molecule has 1 saturated heterocycles. The normalized spacial score (nSPS) is 18.3. The zero-order chi connectivity index (χ0) is 14.3. The van der Waals surface area contributed by atoms with Gasteiger partial charge in [0.15, 0.2) is 0 Å². The van der Waals surface area contributed by atoms with E-state index in [0.717, 1.165) is 45.1 Å². The van der Waals surface area contributed by atoms with Gasteiger partial charge in [0.1, 0.15) is 5.60 Å². The van der Waals surface area contributed by atoms with Gasteiger partial charge in [0, 0.05) is 39.1 Å². The zero-order valence-corrected chi connectivity index (χ0v) is 12.3. The lowest BCUT2D eigenvalue weighted by Crippen LogP contribution is -2.37. The molecule has 20 heavy (non-hydrogen) atoms. The summed E-state index contributed by atoms with van der Waals surface area (Å²) in [6.07, 6.45) is 5.55. The van der Waals surface area contributed by atoms with E-state index in [4.69, 9.17) is 19.7 Å². The van der Waals surface area contributed by atoms with E-state index in [1.165, 1.54) is 0 Å². The third-order valence-electron chi connectivity index (χ3n) is 3.69. The van der Waals surface area contributed by atoms with Crippen molar-refractivity contribution < 1.29 is 14.0 Å². The van der Waals surface area contributed by atoms with Crippen molar-refractivity contribution in [3.05, 3.63) is 11.7 Å². The van der Waals surface area contributed by atoms with E-state index in [9.17, 15) is 0 Å². The Kier molecular flexibility index (Phi) is 5.94. The largest absolute Gasteiger partial charge is 0.381 e. The number of hydrogen-bond acceptors (Lipinski definition) is 6. The van der Waals surface area contributed by atoms with Crippen molar-refractivity contribution in [2.24, 2.45) is 5.73 Å². The molecule has 2 N–H and O–H groups in total. The third-order valence-corrected chi connectivity index (χ3v) is 3.69. The van der Waals surface area contributed by atoms with Crippen LogP contribution in [0.4, 0.5) is 0 Å². The SMILES string of the molecule is CCOC1(c2noc(CCCCCN)n2)CCOCC1. The predicted octanol–water partition coefficient (Wildman–Crippen LogP) is 1.78. The fourth-order valence-corrected chi connectivity index (χ4v) is 2.55. The van der Waals surface area contributed by atoms with Crippen LogP contribution >= 0.6 is 0 Å². The molecule has 1 aromatic rings. The summed E-state index contributed by atoms with van der Waals surface area (Å²) in [5.41, 5.74) is 5.06. The Morgan fingerprint density at radius 2 is 2.05 bits per heavy atom. The van der Waals surface area contributed by atoms with E-state index in [0.29, 0.717) is 31.5 Å². The van der Waals surface area contributed by atoms with Crippen LogP contribution < -0.4 is 5.73 Å². The summed E-state index contributed by atoms with van der Waals surface area (Å²) in [7, 11) is 0. The maximum Gasteiger partial charge on any atom is 0.226 e. The van der Waals surface area contributed by atoms with Crippen LogP contribution in [0.25, 0.3) is 0 Å². The lowest BCUT2D eigenvalue weighted by atomic mass is 9.93. The number of ether oxygens (including phenoxy) is 2. The molecule has 1 fully saturated rings. The van der Waals surface area contributed by atoms with Gasteiger partial charge in [-0.2, -0.15) is 4.98 Å². The highest BCUT2D eigenvalue weighted by Crippen LogP contribution is 2.34. The van der Waals surface area contributed by atoms with Crippen LogP contribution in [0.1, 0.15) is 50.7 Å². The van der Waals surface area contributed by atoms with Gasteiger partial charge in [-0.25, -0.2) is 0 Å². The average molecular weight is 283 g/mol. The molecule has 1 aliphatic rings. The second kappa shape index (κ2) is 7.71. The van der Waals surface area contributed by atoms with Gasteiger partial charge >= 0.3 is 0 Å². The molecule has 0 saturated carbocycles. The van der Waals surface area contributed by atoms with Gasteiger partial charge in [-0.3, -0.25) is 0 Å². The minimum absolute atomic E-state index is 0.425. The highest BCUT2D eigenvalue weighted by Gasteiger charge is 2.39. The van der Waals surface area contributed by atoms with E-state index < -0.39 is 5.60 Å². The van der Waals surface area contributed by atoms with Crippen LogP contribution in [0.15, 0.2) is 4.52 Å². The molecular formula is C14H25N3O3. The molecule has 2 rings (SSSR count). The lowest BCUT2D eigenvalue weighted by Gasteiger charge is -2.33. The van der Waals surface area contributed by atoms with Gasteiger partial charge in [-0.1, -0.05) is 11.6 Å². The Hall–Kier alpha value is -0.980. The van der Waals surface area contributed by atoms with E-state index in [1.54, 1.807) is 0 Å². The highest BCUT2D eigenvalue weighted by atomic mass is 16.5. The maximum atomic E-state index is 5.93. The second-order valence-electron chi connectivity index (χ2n) is 5.15. The van der Waals surface area contributed by atoms with Crippen molar-refractivity contribution >= 4 is 0 Å². The van der Waals surface area contributed by atoms with Crippen molar-refractivity contribution in [1.29, 1.82) is 0 Å². The number of hydrogen-bond donors (Lipinski definition) is 1. The number of nitrogens with zero attached hydrogens (tertiary/aromatic N) is 2. The second-order valence-corrected chi connectivity index (χ2v) is 5.15. The smallest absolute Gasteiger partial charge is 0.226 e. The molecule has 0 aromatic carbocycles. The van der Waals surface area contributed by atoms with E-state index in [1.807, 2.05) is 6.92 Å². The van der Waals surface area contributed by atoms with Crippen LogP contribution in [-0.2, 0) is 21.5 Å². The first kappa shape index (κ1) is 15.4. The Labute approximate surface area is 120 Å². The molecule has 0 aliphatic carbocycles. The van der Waals surface area contributed by atoms with Crippen LogP contribution in [0.5, 0.6) is 0 Å². The summed E-state index contributed by atoms with van der Waals surface area (Å²) < 4.78 is 16.7. The number of aryl methyl sites for hydroxylation is 1. The standard InChI is InChI=1S/C14H25N3O3/c1-2-19-14(7-10-18-11-8-14)13-16-12(20-17-13)6-4-3-5-9-15/h2-11,15H2,1H3. The number of unbranched alkanes of at least 4 members (excludes halogenated alkanes) is 2. The molecule has 0 radical (unpaired) electrons. The van der Waals surface area contributed by atoms with Gasteiger partial charge in [-0.15, -0.1) is 0 Å². The topological polar surface area (TPSA) is 83.4 Å². The van der Waals surface area contributed by atoms with Gasteiger partial charge in [0.25, 0.3) is 0 Å². The predicted molar refractivity (Wildman–Crippen MR) is 74.3 cm³/mol. The summed E-state index contributed by atoms with van der Waals surface area (Å²) in [5, 5.41) is 4.14. The van der Waals surface area contributed by atoms with Crippen molar-refractivity contribution in [2.45, 2.75) is 51.0 Å². The highest BCUT2D eigenvalue weighted by molar-refractivity contribution is 5.03. The van der Waals surface area contributed by atoms with Crippen molar-refractivity contribution in [2.75, 3.05) is 26.4 Å². The molecule has 1 aromatic heterocycles. The Bertz CT molecular complexity index is 383. The molecule has 114 valence electrons. The average Bonchev–Trinajstić information content (AvgIpc) is 2.94. The van der Waals surface area contributed by atoms with Gasteiger partial charge in [0.05, 0.1) is 0 Å². The quantitative estimate of drug-likeness (QED) is 0.732. The van der Waals surface area contributed by atoms with Crippen molar-refractivity contribution in [1.82, 2.24) is 10.1 Å². The molecule has 1 aliphatic heterocycles. The summed E-state index contributed by atoms with van der Waals surface area (Å²) in [6.45, 7) is 4.73. The van der Waals surface area contributed by atoms with E-state index in [2.05, 4.69) is 10.1 Å². The monoisotopic (exact) mass is 283 g/mol. The summed E-state index contributed by atoms with van der Waals surface area (Å²) in [6, 6.07) is 0. The summed E-state index contributed by atoms with van der Waals surface area (Å²) >= 11 is 0. The first-order valence-electron chi connectivity index (χ1n) is 7.55. The van der Waals surface area contributed by atoms with Gasteiger partial charge in [0.2, 0.25) is 11.7 Å². The van der Waals surface area contributed by atoms with Crippen LogP contribution in [0.2, 0.25) is 0 Å². The van der Waals surface area contributed by atoms with Crippen LogP contribution in [0, 0.1) is 0 Å². The molecule has 0 atom stereocenters. The van der Waals surface area contributed by atoms with Crippen molar-refractivity contribution in [3.63, 3.8) is 0 Å². The number of nitrogens with two attached hydrogens (primary N) is 1. The lowest BCUT2D eigenvalue weighted by molar-refractivity contribution is -0.118. The summed E-state index contributed by atoms with van der Waals surface area (Å²) in [5.74, 6) is 1.37. The van der Waals surface area contributed by atoms with Crippen molar-refractivity contribution in [3.8, 4) is 0 Å². The zero-order valence-electron chi connectivity index (χ0n) is 12.3. The molecule has 0 amide bonds. The molecule has 0 bridgehead atoms. The molecular weight excluding hydrogens is 258 g/mol. The Morgan fingerprint density at radius 3 is 2.75 bits per heavy atom.